The minimum atomic E-state index is -0.900. The Labute approximate surface area is 211 Å². The minimum absolute atomic E-state index is 0.0299. The molecule has 0 amide bonds. The number of aliphatic carboxylic acids is 1. The molecule has 5 aliphatic carbocycles. The van der Waals surface area contributed by atoms with E-state index in [1.165, 1.54) is 0 Å². The average Bonchev–Trinajstić information content (AvgIpc) is 3.19. The van der Waals surface area contributed by atoms with Crippen molar-refractivity contribution in [3.63, 3.8) is 0 Å². The van der Waals surface area contributed by atoms with Crippen molar-refractivity contribution in [2.45, 2.75) is 105 Å². The lowest BCUT2D eigenvalue weighted by Crippen LogP contribution is -2.69. The molecule has 0 aromatic heterocycles. The second kappa shape index (κ2) is 7.80. The van der Waals surface area contributed by atoms with E-state index in [4.69, 9.17) is 0 Å². The number of hydrogen-bond donors (Lipinski definition) is 4. The van der Waals surface area contributed by atoms with Gasteiger partial charge in [-0.05, 0) is 111 Å². The van der Waals surface area contributed by atoms with Gasteiger partial charge >= 0.3 is 5.97 Å². The van der Waals surface area contributed by atoms with E-state index in [2.05, 4.69) is 34.3 Å². The van der Waals surface area contributed by atoms with E-state index < -0.39 is 29.0 Å². The predicted octanol–water partition coefficient (Wildman–Crippen LogP) is 5.03. The molecule has 5 nitrogen and oxygen atoms in total. The van der Waals surface area contributed by atoms with Gasteiger partial charge in [0.2, 0.25) is 0 Å². The van der Waals surface area contributed by atoms with Crippen molar-refractivity contribution < 1.29 is 25.2 Å². The molecule has 5 saturated carbocycles. The smallest absolute Gasteiger partial charge is 0.309 e. The molecule has 0 aliphatic heterocycles. The van der Waals surface area contributed by atoms with Crippen molar-refractivity contribution in [1.82, 2.24) is 0 Å². The largest absolute Gasteiger partial charge is 0.481 e. The molecule has 0 unspecified atom stereocenters. The van der Waals surface area contributed by atoms with Crippen molar-refractivity contribution >= 4 is 5.97 Å². The van der Waals surface area contributed by atoms with Gasteiger partial charge in [-0.3, -0.25) is 4.79 Å². The van der Waals surface area contributed by atoms with Crippen LogP contribution in [-0.2, 0) is 4.79 Å². The van der Waals surface area contributed by atoms with Crippen LogP contribution in [0.15, 0.2) is 12.2 Å². The highest BCUT2D eigenvalue weighted by molar-refractivity contribution is 5.76. The minimum Gasteiger partial charge on any atom is -0.481 e. The SMILES string of the molecule is C=C(C)[C@@H]1CC[C@]2(C(=O)O)CC[C@]3(C)[C@H](CC[C@@H]4[C@@]5(C)C[C@@H](O)[C@H](O)[C@@](C)(CO)[C@@H]5CC[C@]43C)[C@H]12. The molecule has 5 rings (SSSR count). The summed E-state index contributed by atoms with van der Waals surface area (Å²) in [6.07, 6.45) is 6.29. The summed E-state index contributed by atoms with van der Waals surface area (Å²) >= 11 is 0. The molecular weight excluding hydrogens is 440 g/mol. The fourth-order valence-corrected chi connectivity index (χ4v) is 11.7. The number of hydrogen-bond acceptors (Lipinski definition) is 4. The number of aliphatic hydroxyl groups excluding tert-OH is 3. The Morgan fingerprint density at radius 2 is 1.60 bits per heavy atom. The van der Waals surface area contributed by atoms with Crippen LogP contribution in [-0.4, -0.2) is 45.2 Å². The zero-order chi connectivity index (χ0) is 25.8. The number of rotatable bonds is 3. The van der Waals surface area contributed by atoms with Gasteiger partial charge in [-0.1, -0.05) is 39.8 Å². The maximum absolute atomic E-state index is 12.8. The third-order valence-electron chi connectivity index (χ3n) is 13.6. The standard InChI is InChI=1S/C30H48O5/c1-17(2)18-9-12-30(25(34)35)14-13-28(5)19(23(18)30)7-8-22-26(3)15-20(32)24(33)27(4,16-31)21(26)10-11-29(22,28)6/h18-24,31-33H,1,7-16H2,2-6H3,(H,34,35)/t18-,19+,20+,21+,22+,23-,24-,26-,27-,28+,29+,30-/m0/s1. The second-order valence-electron chi connectivity index (χ2n) is 14.5. The molecular formula is C30H48O5. The maximum Gasteiger partial charge on any atom is 0.309 e. The van der Waals surface area contributed by atoms with Gasteiger partial charge in [0, 0.05) is 5.41 Å². The topological polar surface area (TPSA) is 98.0 Å². The van der Waals surface area contributed by atoms with Crippen LogP contribution in [0.4, 0.5) is 0 Å². The lowest BCUT2D eigenvalue weighted by atomic mass is 9.32. The van der Waals surface area contributed by atoms with E-state index >= 15 is 0 Å². The summed E-state index contributed by atoms with van der Waals surface area (Å²) in [5, 5.41) is 42.9. The number of allylic oxidation sites excluding steroid dienone is 1. The number of carbonyl (C=O) groups is 1. The first-order chi connectivity index (χ1) is 16.2. The Bertz CT molecular complexity index is 916. The number of fused-ring (bicyclic) bond motifs is 7. The first-order valence-corrected chi connectivity index (χ1v) is 14.1. The van der Waals surface area contributed by atoms with E-state index in [1.807, 2.05) is 6.92 Å². The van der Waals surface area contributed by atoms with E-state index in [9.17, 15) is 25.2 Å². The molecule has 0 bridgehead atoms. The predicted molar refractivity (Wildman–Crippen MR) is 135 cm³/mol. The molecule has 5 fully saturated rings. The lowest BCUT2D eigenvalue weighted by molar-refractivity contribution is -0.270. The molecule has 0 aromatic rings. The highest BCUT2D eigenvalue weighted by Crippen LogP contribution is 2.77. The van der Waals surface area contributed by atoms with Crippen LogP contribution in [0.3, 0.4) is 0 Å². The van der Waals surface area contributed by atoms with Crippen LogP contribution in [0.5, 0.6) is 0 Å². The van der Waals surface area contributed by atoms with Crippen molar-refractivity contribution in [1.29, 1.82) is 0 Å². The first kappa shape index (κ1) is 25.7. The normalized spacial score (nSPS) is 57.4. The third kappa shape index (κ3) is 2.95. The van der Waals surface area contributed by atoms with Crippen LogP contribution in [0.2, 0.25) is 0 Å². The highest BCUT2D eigenvalue weighted by Gasteiger charge is 2.72. The molecule has 198 valence electrons. The molecule has 0 saturated heterocycles. The number of carboxylic acids is 1. The van der Waals surface area contributed by atoms with E-state index in [0.29, 0.717) is 18.3 Å². The van der Waals surface area contributed by atoms with Crippen molar-refractivity contribution in [3.8, 4) is 0 Å². The summed E-state index contributed by atoms with van der Waals surface area (Å²) in [6, 6.07) is 0. The monoisotopic (exact) mass is 488 g/mol. The van der Waals surface area contributed by atoms with Crippen LogP contribution in [0, 0.1) is 56.7 Å². The molecule has 5 heteroatoms. The summed E-state index contributed by atoms with van der Waals surface area (Å²) in [4.78, 5) is 12.8. The third-order valence-corrected chi connectivity index (χ3v) is 13.6. The number of aliphatic hydroxyl groups is 3. The van der Waals surface area contributed by atoms with Gasteiger partial charge in [0.25, 0.3) is 0 Å². The summed E-state index contributed by atoms with van der Waals surface area (Å²) in [5.74, 6) is 0.742. The molecule has 4 N–H and O–H groups in total. The quantitative estimate of drug-likeness (QED) is 0.418. The van der Waals surface area contributed by atoms with Gasteiger partial charge in [0.05, 0.1) is 24.2 Å². The molecule has 0 spiro atoms. The lowest BCUT2D eigenvalue weighted by Gasteiger charge is -2.73. The van der Waals surface area contributed by atoms with Crippen molar-refractivity contribution in [2.75, 3.05) is 6.61 Å². The Kier molecular flexibility index (Phi) is 5.73. The van der Waals surface area contributed by atoms with Gasteiger partial charge < -0.3 is 20.4 Å². The van der Waals surface area contributed by atoms with Crippen molar-refractivity contribution in [3.05, 3.63) is 12.2 Å². The van der Waals surface area contributed by atoms with E-state index in [0.717, 1.165) is 56.9 Å². The first-order valence-electron chi connectivity index (χ1n) is 14.1. The van der Waals surface area contributed by atoms with Gasteiger partial charge in [-0.2, -0.15) is 0 Å². The summed E-state index contributed by atoms with van der Waals surface area (Å²) < 4.78 is 0. The summed E-state index contributed by atoms with van der Waals surface area (Å²) in [7, 11) is 0. The van der Waals surface area contributed by atoms with Gasteiger partial charge in [-0.25, -0.2) is 0 Å². The molecule has 12 atom stereocenters. The molecule has 35 heavy (non-hydrogen) atoms. The highest BCUT2D eigenvalue weighted by atomic mass is 16.4. The molecule has 5 aliphatic rings. The van der Waals surface area contributed by atoms with Crippen LogP contribution >= 0.6 is 0 Å². The van der Waals surface area contributed by atoms with Gasteiger partial charge in [-0.15, -0.1) is 0 Å². The summed E-state index contributed by atoms with van der Waals surface area (Å²) in [6.45, 7) is 15.5. The second-order valence-corrected chi connectivity index (χ2v) is 14.5. The number of carboxylic acid groups (broad SMARTS) is 1. The van der Waals surface area contributed by atoms with Crippen molar-refractivity contribution in [2.24, 2.45) is 56.7 Å². The molecule has 0 aromatic carbocycles. The Morgan fingerprint density at radius 3 is 2.20 bits per heavy atom. The maximum atomic E-state index is 12.8. The average molecular weight is 489 g/mol. The Balaban J connectivity index is 1.58. The zero-order valence-electron chi connectivity index (χ0n) is 22.5. The fourth-order valence-electron chi connectivity index (χ4n) is 11.7. The molecule has 0 radical (unpaired) electrons. The fraction of sp³-hybridized carbons (Fsp3) is 0.900. The van der Waals surface area contributed by atoms with Crippen LogP contribution < -0.4 is 0 Å². The van der Waals surface area contributed by atoms with Gasteiger partial charge in [0.15, 0.2) is 0 Å². The van der Waals surface area contributed by atoms with Crippen LogP contribution in [0.1, 0.15) is 92.4 Å². The Hall–Kier alpha value is -0.910. The van der Waals surface area contributed by atoms with Gasteiger partial charge in [0.1, 0.15) is 0 Å². The Morgan fingerprint density at radius 1 is 0.914 bits per heavy atom. The van der Waals surface area contributed by atoms with E-state index in [-0.39, 0.29) is 40.6 Å². The molecule has 0 heterocycles. The zero-order valence-corrected chi connectivity index (χ0v) is 22.5. The van der Waals surface area contributed by atoms with E-state index in [1.54, 1.807) is 0 Å². The van der Waals surface area contributed by atoms with Crippen LogP contribution in [0.25, 0.3) is 0 Å². The summed E-state index contributed by atoms with van der Waals surface area (Å²) in [5.41, 5.74) is -0.268.